The van der Waals surface area contributed by atoms with Crippen LogP contribution >= 0.6 is 22.9 Å². The largest absolute Gasteiger partial charge is 0.342 e. The fourth-order valence-corrected chi connectivity index (χ4v) is 6.55. The number of hydrogen-bond donors (Lipinski definition) is 1. The second-order valence-corrected chi connectivity index (χ2v) is 10.8. The summed E-state index contributed by atoms with van der Waals surface area (Å²) in [7, 11) is -3.45. The summed E-state index contributed by atoms with van der Waals surface area (Å²) in [6, 6.07) is 16.5. The van der Waals surface area contributed by atoms with Crippen molar-refractivity contribution in [3.8, 4) is 0 Å². The molecule has 1 saturated heterocycles. The Morgan fingerprint density at radius 2 is 1.62 bits per heavy atom. The number of amides is 2. The van der Waals surface area contributed by atoms with Crippen LogP contribution in [0.3, 0.4) is 0 Å². The Kier molecular flexibility index (Phi) is 6.80. The lowest BCUT2D eigenvalue weighted by molar-refractivity contribution is -0.131. The summed E-state index contributed by atoms with van der Waals surface area (Å²) in [6.45, 7) is 0.868. The van der Waals surface area contributed by atoms with Gasteiger partial charge in [0, 0.05) is 36.3 Å². The van der Waals surface area contributed by atoms with Gasteiger partial charge in [-0.1, -0.05) is 60.1 Å². The lowest BCUT2D eigenvalue weighted by Crippen LogP contribution is -2.52. The molecule has 0 bridgehead atoms. The average Bonchev–Trinajstić information content (AvgIpc) is 3.14. The van der Waals surface area contributed by atoms with E-state index >= 15 is 0 Å². The number of thiophene rings is 1. The Balaban J connectivity index is 1.30. The monoisotopic (exact) mass is 491 g/mol. The van der Waals surface area contributed by atoms with E-state index < -0.39 is 15.9 Å². The van der Waals surface area contributed by atoms with E-state index in [1.807, 2.05) is 42.5 Å². The predicted molar refractivity (Wildman–Crippen MR) is 126 cm³/mol. The third-order valence-corrected chi connectivity index (χ3v) is 8.84. The number of piperazine rings is 1. The minimum absolute atomic E-state index is 0.0617. The second kappa shape index (κ2) is 9.58. The van der Waals surface area contributed by atoms with Crippen LogP contribution in [0.4, 0.5) is 0 Å². The van der Waals surface area contributed by atoms with Crippen molar-refractivity contribution in [2.45, 2.75) is 5.75 Å². The quantitative estimate of drug-likeness (QED) is 0.574. The van der Waals surface area contributed by atoms with Gasteiger partial charge in [-0.2, -0.15) is 4.31 Å². The highest BCUT2D eigenvalue weighted by Gasteiger charge is 2.29. The molecule has 10 heteroatoms. The third-order valence-electron chi connectivity index (χ3n) is 5.32. The molecule has 0 radical (unpaired) electrons. The Morgan fingerprint density at radius 1 is 0.969 bits per heavy atom. The summed E-state index contributed by atoms with van der Waals surface area (Å²) in [4.78, 5) is 27.0. The van der Waals surface area contributed by atoms with Gasteiger partial charge >= 0.3 is 0 Å². The lowest BCUT2D eigenvalue weighted by Gasteiger charge is -2.34. The average molecular weight is 492 g/mol. The van der Waals surface area contributed by atoms with Gasteiger partial charge in [0.25, 0.3) is 5.91 Å². The molecule has 1 N–H and O–H groups in total. The Hall–Kier alpha value is -2.46. The maximum atomic E-state index is 12.7. The van der Waals surface area contributed by atoms with Gasteiger partial charge in [0.1, 0.15) is 4.88 Å². The lowest BCUT2D eigenvalue weighted by atomic mass is 10.2. The van der Waals surface area contributed by atoms with Crippen LogP contribution in [0.2, 0.25) is 5.02 Å². The second-order valence-electron chi connectivity index (χ2n) is 7.45. The smallest absolute Gasteiger partial charge is 0.263 e. The molecular formula is C22H22ClN3O4S2. The maximum Gasteiger partial charge on any atom is 0.263 e. The van der Waals surface area contributed by atoms with E-state index in [1.54, 1.807) is 17.0 Å². The number of carbonyl (C=O) groups excluding carboxylic acids is 2. The van der Waals surface area contributed by atoms with Crippen LogP contribution in [-0.2, 0) is 20.6 Å². The highest BCUT2D eigenvalue weighted by atomic mass is 35.5. The Bertz CT molecular complexity index is 1240. The van der Waals surface area contributed by atoms with Gasteiger partial charge < -0.3 is 10.2 Å². The number of carbonyl (C=O) groups is 2. The summed E-state index contributed by atoms with van der Waals surface area (Å²) in [5.41, 5.74) is 0.730. The first-order valence-electron chi connectivity index (χ1n) is 10.1. The van der Waals surface area contributed by atoms with Gasteiger partial charge in [0.05, 0.1) is 17.3 Å². The number of hydrogen-bond acceptors (Lipinski definition) is 5. The van der Waals surface area contributed by atoms with Crippen molar-refractivity contribution in [2.75, 3.05) is 32.7 Å². The molecule has 4 rings (SSSR count). The minimum atomic E-state index is -3.45. The van der Waals surface area contributed by atoms with Crippen LogP contribution in [0.5, 0.6) is 0 Å². The standard InChI is InChI=1S/C22H22ClN3O4S2/c23-20-17-8-4-5-9-18(17)31-21(20)22(28)24-14-19(27)25-10-12-26(13-11-25)32(29,30)15-16-6-2-1-3-7-16/h1-9H,10-15H2,(H,24,28). The molecule has 2 aromatic carbocycles. The van der Waals surface area contributed by atoms with Crippen molar-refractivity contribution in [1.82, 2.24) is 14.5 Å². The number of benzene rings is 2. The van der Waals surface area contributed by atoms with E-state index in [0.29, 0.717) is 9.90 Å². The van der Waals surface area contributed by atoms with Crippen molar-refractivity contribution in [3.63, 3.8) is 0 Å². The van der Waals surface area contributed by atoms with Gasteiger partial charge in [-0.15, -0.1) is 11.3 Å². The SMILES string of the molecule is O=C(NCC(=O)N1CCN(S(=O)(=O)Cc2ccccc2)CC1)c1sc2ccccc2c1Cl. The highest BCUT2D eigenvalue weighted by Crippen LogP contribution is 2.34. The molecule has 0 spiro atoms. The molecule has 1 aliphatic heterocycles. The minimum Gasteiger partial charge on any atom is -0.342 e. The van der Waals surface area contributed by atoms with E-state index in [2.05, 4.69) is 5.32 Å². The van der Waals surface area contributed by atoms with Gasteiger partial charge in [-0.25, -0.2) is 8.42 Å². The summed E-state index contributed by atoms with van der Waals surface area (Å²) in [6.07, 6.45) is 0. The summed E-state index contributed by atoms with van der Waals surface area (Å²) >= 11 is 7.61. The van der Waals surface area contributed by atoms with Crippen LogP contribution in [0.15, 0.2) is 54.6 Å². The van der Waals surface area contributed by atoms with E-state index in [9.17, 15) is 18.0 Å². The Labute approximate surface area is 195 Å². The van der Waals surface area contributed by atoms with Crippen molar-refractivity contribution >= 4 is 54.9 Å². The van der Waals surface area contributed by atoms with Crippen molar-refractivity contribution in [2.24, 2.45) is 0 Å². The topological polar surface area (TPSA) is 86.8 Å². The summed E-state index contributed by atoms with van der Waals surface area (Å²) < 4.78 is 27.6. The third kappa shape index (κ3) is 4.96. The molecule has 0 aliphatic carbocycles. The maximum absolute atomic E-state index is 12.7. The van der Waals surface area contributed by atoms with Crippen LogP contribution in [-0.4, -0.2) is 62.2 Å². The number of halogens is 1. The first-order chi connectivity index (χ1) is 15.3. The molecule has 3 aromatic rings. The van der Waals surface area contributed by atoms with Gasteiger partial charge in [0.15, 0.2) is 0 Å². The molecule has 1 aromatic heterocycles. The zero-order chi connectivity index (χ0) is 22.7. The normalized spacial score (nSPS) is 15.1. The first-order valence-corrected chi connectivity index (χ1v) is 12.9. The molecule has 1 aliphatic rings. The zero-order valence-corrected chi connectivity index (χ0v) is 19.5. The fraction of sp³-hybridized carbons (Fsp3) is 0.273. The zero-order valence-electron chi connectivity index (χ0n) is 17.2. The van der Waals surface area contributed by atoms with Gasteiger partial charge in [-0.3, -0.25) is 9.59 Å². The highest BCUT2D eigenvalue weighted by molar-refractivity contribution is 7.88. The number of nitrogens with zero attached hydrogens (tertiary/aromatic N) is 2. The number of nitrogens with one attached hydrogen (secondary N) is 1. The molecule has 0 atom stereocenters. The summed E-state index contributed by atoms with van der Waals surface area (Å²) in [5.74, 6) is -0.711. The molecule has 2 heterocycles. The first kappa shape index (κ1) is 22.7. The van der Waals surface area contributed by atoms with Crippen LogP contribution < -0.4 is 5.32 Å². The molecule has 2 amide bonds. The molecule has 0 unspecified atom stereocenters. The van der Waals surface area contributed by atoms with Crippen LogP contribution in [0, 0.1) is 0 Å². The molecule has 168 valence electrons. The van der Waals surface area contributed by atoms with Crippen LogP contribution in [0.1, 0.15) is 15.2 Å². The van der Waals surface area contributed by atoms with Gasteiger partial charge in [0.2, 0.25) is 15.9 Å². The van der Waals surface area contributed by atoms with Crippen LogP contribution in [0.25, 0.3) is 10.1 Å². The number of rotatable bonds is 6. The number of sulfonamides is 1. The molecular weight excluding hydrogens is 470 g/mol. The van der Waals surface area contributed by atoms with E-state index in [0.717, 1.165) is 15.6 Å². The molecule has 32 heavy (non-hydrogen) atoms. The summed E-state index contributed by atoms with van der Waals surface area (Å²) in [5, 5.41) is 3.83. The molecule has 7 nitrogen and oxygen atoms in total. The van der Waals surface area contributed by atoms with Crippen molar-refractivity contribution in [1.29, 1.82) is 0 Å². The van der Waals surface area contributed by atoms with Crippen molar-refractivity contribution in [3.05, 3.63) is 70.1 Å². The van der Waals surface area contributed by atoms with Crippen molar-refractivity contribution < 1.29 is 18.0 Å². The molecule has 1 fully saturated rings. The van der Waals surface area contributed by atoms with E-state index in [1.165, 1.54) is 15.6 Å². The predicted octanol–water partition coefficient (Wildman–Crippen LogP) is 2.96. The Morgan fingerprint density at radius 3 is 2.31 bits per heavy atom. The fourth-order valence-electron chi connectivity index (χ4n) is 3.60. The van der Waals surface area contributed by atoms with Gasteiger partial charge in [-0.05, 0) is 11.6 Å². The van der Waals surface area contributed by atoms with E-state index in [-0.39, 0.29) is 44.4 Å². The number of fused-ring (bicyclic) bond motifs is 1. The van der Waals surface area contributed by atoms with E-state index in [4.69, 9.17) is 11.6 Å². The molecule has 0 saturated carbocycles.